The van der Waals surface area contributed by atoms with Gasteiger partial charge in [-0.15, -0.1) is 0 Å². The average molecular weight is 699 g/mol. The Morgan fingerprint density at radius 1 is 0.816 bits per heavy atom. The van der Waals surface area contributed by atoms with Crippen molar-refractivity contribution < 1.29 is 63.9 Å². The Hall–Kier alpha value is -0.970. The van der Waals surface area contributed by atoms with Gasteiger partial charge in [-0.2, -0.15) is 0 Å². The smallest absolute Gasteiger partial charge is 0.306 e. The Labute approximate surface area is 288 Å². The molecule has 0 bridgehead atoms. The molecule has 0 aromatic heterocycles. The lowest BCUT2D eigenvalue weighted by Crippen LogP contribution is -2.64. The van der Waals surface area contributed by atoms with Gasteiger partial charge in [-0.1, -0.05) is 13.8 Å². The number of ether oxygens (including phenoxy) is 6. The maximum atomic E-state index is 12.6. The number of cyclic esters (lactones) is 1. The summed E-state index contributed by atoms with van der Waals surface area (Å²) in [5.41, 5.74) is -0.861. The number of aliphatic hydroxyl groups is 6. The van der Waals surface area contributed by atoms with Gasteiger partial charge in [0.1, 0.15) is 42.7 Å². The maximum Gasteiger partial charge on any atom is 0.306 e. The van der Waals surface area contributed by atoms with Crippen LogP contribution in [0.15, 0.2) is 0 Å². The van der Waals surface area contributed by atoms with Crippen LogP contribution in [0.1, 0.15) is 85.0 Å². The van der Waals surface area contributed by atoms with E-state index >= 15 is 0 Å². The van der Waals surface area contributed by atoms with Gasteiger partial charge in [0.2, 0.25) is 0 Å². The highest BCUT2D eigenvalue weighted by Crippen LogP contribution is 2.70. The monoisotopic (exact) mass is 698 g/mol. The van der Waals surface area contributed by atoms with Crippen LogP contribution in [0.2, 0.25) is 0 Å². The van der Waals surface area contributed by atoms with Crippen LogP contribution >= 0.6 is 0 Å². The molecule has 0 unspecified atom stereocenters. The fourth-order valence-corrected chi connectivity index (χ4v) is 12.0. The largest absolute Gasteiger partial charge is 0.465 e. The molecule has 280 valence electrons. The predicted octanol–water partition coefficient (Wildman–Crippen LogP) is 1.01. The summed E-state index contributed by atoms with van der Waals surface area (Å²) < 4.78 is 35.2. The fraction of sp³-hybridized carbons (Fsp3) is 0.972. The van der Waals surface area contributed by atoms with Crippen LogP contribution in [0.3, 0.4) is 0 Å². The molecular formula is C36H58O13. The minimum atomic E-state index is -1.60. The number of aliphatic hydroxyl groups excluding tert-OH is 5. The molecule has 3 heterocycles. The molecule has 3 saturated heterocycles. The predicted molar refractivity (Wildman–Crippen MR) is 170 cm³/mol. The number of hydrogen-bond donors (Lipinski definition) is 6. The van der Waals surface area contributed by atoms with Gasteiger partial charge in [-0.25, -0.2) is 0 Å². The van der Waals surface area contributed by atoms with E-state index in [1.165, 1.54) is 7.11 Å². The number of methoxy groups -OCH3 is 1. The van der Waals surface area contributed by atoms with Gasteiger partial charge in [0.15, 0.2) is 12.6 Å². The normalized spacial score (nSPS) is 56.1. The standard InChI is InChI=1S/C36H58O13/c1-17-30(49-32-28(41)27(40)26(39)24(15-37)48-32)31(44-4)29(42)33(46-17)47-20-7-10-34(2)19(14-20)5-6-23-22(34)8-11-35(3)21(9-12-36(23,35)43)18-13-25(38)45-16-18/h17-24,26-33,37,39-43H,5-16H2,1-4H3/t17-,18+,19+,20-,21+,22-,23+,24+,26+,27-,28+,29+,30-,31-,32-,33-,34-,35+,36-/m0/s1. The summed E-state index contributed by atoms with van der Waals surface area (Å²) in [4.78, 5) is 12.0. The Balaban J connectivity index is 0.985. The molecule has 0 amide bonds. The van der Waals surface area contributed by atoms with Gasteiger partial charge in [-0.05, 0) is 99.2 Å². The van der Waals surface area contributed by atoms with Crippen LogP contribution in [-0.2, 0) is 33.2 Å². The topological polar surface area (TPSA) is 194 Å². The zero-order valence-electron chi connectivity index (χ0n) is 29.3. The lowest BCUT2D eigenvalue weighted by Gasteiger charge is -2.64. The van der Waals surface area contributed by atoms with Crippen molar-refractivity contribution in [3.63, 3.8) is 0 Å². The minimum absolute atomic E-state index is 0.0725. The number of esters is 1. The van der Waals surface area contributed by atoms with Gasteiger partial charge in [0.25, 0.3) is 0 Å². The number of hydrogen-bond acceptors (Lipinski definition) is 13. The van der Waals surface area contributed by atoms with Crippen LogP contribution in [0.5, 0.6) is 0 Å². The Morgan fingerprint density at radius 2 is 1.55 bits per heavy atom. The Bertz CT molecular complexity index is 1200. The molecule has 0 spiro atoms. The van der Waals surface area contributed by atoms with E-state index < -0.39 is 73.6 Å². The first-order chi connectivity index (χ1) is 23.3. The lowest BCUT2D eigenvalue weighted by molar-refractivity contribution is -0.362. The molecule has 19 atom stereocenters. The summed E-state index contributed by atoms with van der Waals surface area (Å²) in [6.07, 6.45) is -3.20. The third-order valence-electron chi connectivity index (χ3n) is 14.8. The highest BCUT2D eigenvalue weighted by atomic mass is 16.7. The summed E-state index contributed by atoms with van der Waals surface area (Å²) in [6.45, 7) is 6.35. The molecule has 3 aliphatic heterocycles. The zero-order valence-corrected chi connectivity index (χ0v) is 29.3. The fourth-order valence-electron chi connectivity index (χ4n) is 12.0. The molecule has 49 heavy (non-hydrogen) atoms. The van der Waals surface area contributed by atoms with E-state index in [0.29, 0.717) is 30.8 Å². The lowest BCUT2D eigenvalue weighted by atomic mass is 9.43. The van der Waals surface area contributed by atoms with Crippen molar-refractivity contribution in [3.8, 4) is 0 Å². The molecule has 7 fully saturated rings. The van der Waals surface area contributed by atoms with Crippen molar-refractivity contribution in [3.05, 3.63) is 0 Å². The molecule has 13 nitrogen and oxygen atoms in total. The summed E-state index contributed by atoms with van der Waals surface area (Å²) in [6, 6.07) is 0. The van der Waals surface area contributed by atoms with E-state index in [-0.39, 0.29) is 34.7 Å². The van der Waals surface area contributed by atoms with Crippen molar-refractivity contribution >= 4 is 5.97 Å². The molecule has 0 radical (unpaired) electrons. The van der Waals surface area contributed by atoms with Gasteiger partial charge in [0, 0.05) is 13.0 Å². The second-order valence-corrected chi connectivity index (χ2v) is 16.9. The zero-order chi connectivity index (χ0) is 35.0. The van der Waals surface area contributed by atoms with E-state index in [1.54, 1.807) is 6.92 Å². The quantitative estimate of drug-likeness (QED) is 0.163. The van der Waals surface area contributed by atoms with Crippen molar-refractivity contribution in [1.82, 2.24) is 0 Å². The number of carbonyl (C=O) groups is 1. The van der Waals surface area contributed by atoms with E-state index in [2.05, 4.69) is 13.8 Å². The third kappa shape index (κ3) is 5.82. The Kier molecular flexibility index (Phi) is 10.00. The third-order valence-corrected chi connectivity index (χ3v) is 14.8. The second-order valence-electron chi connectivity index (χ2n) is 16.9. The van der Waals surface area contributed by atoms with Gasteiger partial charge >= 0.3 is 5.97 Å². The van der Waals surface area contributed by atoms with Crippen molar-refractivity contribution in [1.29, 1.82) is 0 Å². The highest BCUT2D eigenvalue weighted by Gasteiger charge is 2.68. The molecule has 0 aromatic carbocycles. The van der Waals surface area contributed by atoms with Crippen molar-refractivity contribution in [2.24, 2.45) is 40.4 Å². The second kappa shape index (κ2) is 13.5. The van der Waals surface area contributed by atoms with E-state index in [0.717, 1.165) is 57.8 Å². The van der Waals surface area contributed by atoms with Crippen LogP contribution in [-0.4, -0.2) is 130 Å². The van der Waals surface area contributed by atoms with E-state index in [1.807, 2.05) is 0 Å². The van der Waals surface area contributed by atoms with Crippen LogP contribution in [0.25, 0.3) is 0 Å². The first-order valence-electron chi connectivity index (χ1n) is 18.6. The summed E-state index contributed by atoms with van der Waals surface area (Å²) in [5.74, 6) is 1.47. The molecule has 4 aliphatic carbocycles. The molecular weight excluding hydrogens is 640 g/mol. The van der Waals surface area contributed by atoms with Crippen molar-refractivity contribution in [2.45, 2.75) is 158 Å². The van der Waals surface area contributed by atoms with Crippen LogP contribution in [0.4, 0.5) is 0 Å². The van der Waals surface area contributed by atoms with Gasteiger partial charge < -0.3 is 59.1 Å². The molecule has 7 rings (SSSR count). The maximum absolute atomic E-state index is 12.6. The average Bonchev–Trinajstić information content (AvgIpc) is 3.62. The van der Waals surface area contributed by atoms with Crippen LogP contribution in [0, 0.1) is 40.4 Å². The van der Waals surface area contributed by atoms with Gasteiger partial charge in [-0.3, -0.25) is 4.79 Å². The van der Waals surface area contributed by atoms with Gasteiger partial charge in [0.05, 0.1) is 37.4 Å². The molecule has 13 heteroatoms. The number of carbonyl (C=O) groups excluding carboxylic acids is 1. The summed E-state index contributed by atoms with van der Waals surface area (Å²) in [5, 5.41) is 64.4. The molecule has 6 N–H and O–H groups in total. The van der Waals surface area contributed by atoms with E-state index in [4.69, 9.17) is 28.4 Å². The molecule has 0 aromatic rings. The Morgan fingerprint density at radius 3 is 2.24 bits per heavy atom. The SMILES string of the molecule is CO[C@H]1[C@@H](O)[C@H](O[C@H]2CC[C@@]3(C)[C@H](CC[C@@H]4[C@@H]3CC[C@]3(C)[C@@H]([C@H]5COC(=O)C5)CC[C@]43O)C2)O[C@@H](C)[C@@H]1O[C@@H]1O[C@H](CO)[C@@H](O)[C@H](O)[C@H]1O. The number of rotatable bonds is 7. The summed E-state index contributed by atoms with van der Waals surface area (Å²) in [7, 11) is 1.44. The summed E-state index contributed by atoms with van der Waals surface area (Å²) >= 11 is 0. The van der Waals surface area contributed by atoms with E-state index in [9.17, 15) is 35.4 Å². The van der Waals surface area contributed by atoms with Crippen LogP contribution < -0.4 is 0 Å². The highest BCUT2D eigenvalue weighted by molar-refractivity contribution is 5.71. The first kappa shape index (κ1) is 36.4. The molecule has 7 aliphatic rings. The molecule has 4 saturated carbocycles. The first-order valence-corrected chi connectivity index (χ1v) is 18.6. The number of fused-ring (bicyclic) bond motifs is 5. The minimum Gasteiger partial charge on any atom is -0.465 e. The van der Waals surface area contributed by atoms with Crippen molar-refractivity contribution in [2.75, 3.05) is 20.3 Å².